The van der Waals surface area contributed by atoms with Crippen molar-refractivity contribution in [3.63, 3.8) is 0 Å². The van der Waals surface area contributed by atoms with Crippen LogP contribution in [-0.4, -0.2) is 37.2 Å². The first-order chi connectivity index (χ1) is 36.0. The van der Waals surface area contributed by atoms with Crippen molar-refractivity contribution in [3.8, 4) is 0 Å². The van der Waals surface area contributed by atoms with Gasteiger partial charge in [0.05, 0.1) is 0 Å². The van der Waals surface area contributed by atoms with Crippen LogP contribution in [0.2, 0.25) is 0 Å². The lowest BCUT2D eigenvalue weighted by atomic mass is 10.0. The van der Waals surface area contributed by atoms with E-state index in [1.165, 1.54) is 238 Å². The fraction of sp³-hybridized carbons (Fsp3) is 0.836. The van der Waals surface area contributed by atoms with Gasteiger partial charge in [0.1, 0.15) is 13.2 Å². The highest BCUT2D eigenvalue weighted by molar-refractivity contribution is 5.71. The fourth-order valence-corrected chi connectivity index (χ4v) is 9.46. The molecule has 0 rings (SSSR count). The molecular weight excluding hydrogens is 901 g/mol. The van der Waals surface area contributed by atoms with Gasteiger partial charge >= 0.3 is 17.9 Å². The molecule has 0 spiro atoms. The van der Waals surface area contributed by atoms with E-state index in [0.29, 0.717) is 19.3 Å². The van der Waals surface area contributed by atoms with Gasteiger partial charge in [-0.15, -0.1) is 0 Å². The summed E-state index contributed by atoms with van der Waals surface area (Å²) in [6, 6.07) is 0. The zero-order chi connectivity index (χ0) is 52.9. The topological polar surface area (TPSA) is 78.9 Å². The highest BCUT2D eigenvalue weighted by Crippen LogP contribution is 2.17. The molecule has 0 aromatic heterocycles. The van der Waals surface area contributed by atoms with Gasteiger partial charge in [-0.1, -0.05) is 294 Å². The molecule has 6 heteroatoms. The predicted octanol–water partition coefficient (Wildman–Crippen LogP) is 21.8. The van der Waals surface area contributed by atoms with Gasteiger partial charge in [-0.05, 0) is 77.0 Å². The molecule has 0 saturated heterocycles. The summed E-state index contributed by atoms with van der Waals surface area (Å²) in [5, 5.41) is 0. The minimum Gasteiger partial charge on any atom is -0.462 e. The molecule has 0 aliphatic carbocycles. The molecule has 0 amide bonds. The van der Waals surface area contributed by atoms with E-state index in [2.05, 4.69) is 69.4 Å². The molecular formula is C67H122O6. The first-order valence-electron chi connectivity index (χ1n) is 32.1. The summed E-state index contributed by atoms with van der Waals surface area (Å²) >= 11 is 0. The quantitative estimate of drug-likeness (QED) is 0.0261. The molecule has 426 valence electrons. The number of carbonyl (C=O) groups excluding carboxylic acids is 3. The second kappa shape index (κ2) is 61.9. The van der Waals surface area contributed by atoms with Gasteiger partial charge < -0.3 is 14.2 Å². The summed E-state index contributed by atoms with van der Waals surface area (Å²) in [4.78, 5) is 38.3. The summed E-state index contributed by atoms with van der Waals surface area (Å²) in [5.74, 6) is -0.924. The van der Waals surface area contributed by atoms with Crippen molar-refractivity contribution in [2.45, 2.75) is 348 Å². The molecule has 0 N–H and O–H groups in total. The van der Waals surface area contributed by atoms with Crippen molar-refractivity contribution in [2.75, 3.05) is 13.2 Å². The second-order valence-electron chi connectivity index (χ2n) is 21.7. The Labute approximate surface area is 454 Å². The van der Waals surface area contributed by atoms with E-state index in [4.69, 9.17) is 14.2 Å². The summed E-state index contributed by atoms with van der Waals surface area (Å²) in [6.07, 6.45) is 76.9. The smallest absolute Gasteiger partial charge is 0.306 e. The van der Waals surface area contributed by atoms with Crippen molar-refractivity contribution >= 4 is 17.9 Å². The highest BCUT2D eigenvalue weighted by Gasteiger charge is 2.19. The Morgan fingerprint density at radius 1 is 0.274 bits per heavy atom. The van der Waals surface area contributed by atoms with Gasteiger partial charge in [0.2, 0.25) is 0 Å². The number of esters is 3. The van der Waals surface area contributed by atoms with Gasteiger partial charge in [0, 0.05) is 19.3 Å². The van der Waals surface area contributed by atoms with E-state index in [1.807, 2.05) is 0 Å². The van der Waals surface area contributed by atoms with Crippen LogP contribution in [0.1, 0.15) is 342 Å². The van der Waals surface area contributed by atoms with Gasteiger partial charge in [-0.25, -0.2) is 0 Å². The van der Waals surface area contributed by atoms with Crippen LogP contribution in [0.4, 0.5) is 0 Å². The van der Waals surface area contributed by atoms with E-state index in [-0.39, 0.29) is 37.5 Å². The fourth-order valence-electron chi connectivity index (χ4n) is 9.46. The van der Waals surface area contributed by atoms with Crippen molar-refractivity contribution in [1.82, 2.24) is 0 Å². The van der Waals surface area contributed by atoms with Gasteiger partial charge in [-0.3, -0.25) is 14.4 Å². The maximum atomic E-state index is 12.9. The molecule has 0 aliphatic heterocycles. The Morgan fingerprint density at radius 3 is 0.822 bits per heavy atom. The zero-order valence-corrected chi connectivity index (χ0v) is 48.9. The average molecular weight is 1020 g/mol. The van der Waals surface area contributed by atoms with Crippen LogP contribution in [-0.2, 0) is 28.6 Å². The molecule has 0 aromatic rings. The maximum Gasteiger partial charge on any atom is 0.306 e. The third-order valence-electron chi connectivity index (χ3n) is 14.3. The summed E-state index contributed by atoms with van der Waals surface area (Å²) in [5.41, 5.74) is 0. The molecule has 0 unspecified atom stereocenters. The van der Waals surface area contributed by atoms with Crippen LogP contribution in [0, 0.1) is 0 Å². The number of allylic oxidation sites excluding steroid dienone is 8. The molecule has 0 radical (unpaired) electrons. The third kappa shape index (κ3) is 60.1. The van der Waals surface area contributed by atoms with Crippen LogP contribution in [0.15, 0.2) is 48.6 Å². The van der Waals surface area contributed by atoms with Crippen molar-refractivity contribution in [2.24, 2.45) is 0 Å². The number of rotatable bonds is 59. The predicted molar refractivity (Wildman–Crippen MR) is 316 cm³/mol. The minimum absolute atomic E-state index is 0.0899. The number of ether oxygens (including phenoxy) is 3. The average Bonchev–Trinajstić information content (AvgIpc) is 3.39. The van der Waals surface area contributed by atoms with Gasteiger partial charge in [0.15, 0.2) is 6.10 Å². The van der Waals surface area contributed by atoms with Crippen LogP contribution in [0.3, 0.4) is 0 Å². The Bertz CT molecular complexity index is 1270. The lowest BCUT2D eigenvalue weighted by molar-refractivity contribution is -0.167. The summed E-state index contributed by atoms with van der Waals surface area (Å²) in [7, 11) is 0. The van der Waals surface area contributed by atoms with Crippen molar-refractivity contribution < 1.29 is 28.6 Å². The van der Waals surface area contributed by atoms with E-state index in [1.54, 1.807) is 0 Å². The van der Waals surface area contributed by atoms with E-state index in [0.717, 1.165) is 57.8 Å². The van der Waals surface area contributed by atoms with Gasteiger partial charge in [0.25, 0.3) is 0 Å². The molecule has 0 saturated carbocycles. The van der Waals surface area contributed by atoms with E-state index >= 15 is 0 Å². The molecule has 6 nitrogen and oxygen atoms in total. The largest absolute Gasteiger partial charge is 0.462 e. The van der Waals surface area contributed by atoms with Crippen LogP contribution < -0.4 is 0 Å². The SMILES string of the molecule is CCCCCCCC/C=C\C/C=C\C/C=C\CCCC(=O)O[C@H](COC(=O)CCCCCCCCCCC/C=C\CCCCCCCC)COC(=O)CCCCCCCCCCCCCCCCCCCCC. The molecule has 0 fully saturated rings. The summed E-state index contributed by atoms with van der Waals surface area (Å²) < 4.78 is 16.9. The number of unbranched alkanes of at least 4 members (excludes halogenated alkanes) is 40. The first kappa shape index (κ1) is 70.4. The number of carbonyl (C=O) groups is 3. The number of hydrogen-bond donors (Lipinski definition) is 0. The zero-order valence-electron chi connectivity index (χ0n) is 48.9. The first-order valence-corrected chi connectivity index (χ1v) is 32.1. The molecule has 0 aromatic carbocycles. The van der Waals surface area contributed by atoms with E-state index < -0.39 is 6.10 Å². The normalized spacial score (nSPS) is 12.3. The molecule has 0 bridgehead atoms. The van der Waals surface area contributed by atoms with Crippen LogP contribution in [0.25, 0.3) is 0 Å². The van der Waals surface area contributed by atoms with Crippen LogP contribution >= 0.6 is 0 Å². The standard InChI is InChI=1S/C67H122O6/c1-4-7-10-13-16-19-22-25-28-31-33-36-38-41-44-47-50-53-56-59-65(68)71-62-64(73-67(70)61-58-55-52-49-46-43-40-35-30-27-24-21-18-15-12-9-6-3)63-72-66(69)60-57-54-51-48-45-42-39-37-34-32-29-26-23-20-17-14-11-8-5-2/h25,27-28,30,40,43,49,52,64H,4-24,26,29,31-39,41-42,44-48,50-51,53-63H2,1-3H3/b28-25-,30-27-,43-40-,52-49-/t64-/m1/s1. The molecule has 0 heterocycles. The number of hydrogen-bond acceptors (Lipinski definition) is 6. The highest BCUT2D eigenvalue weighted by atomic mass is 16.6. The van der Waals surface area contributed by atoms with Crippen LogP contribution in [0.5, 0.6) is 0 Å². The Morgan fingerprint density at radius 2 is 0.507 bits per heavy atom. The lowest BCUT2D eigenvalue weighted by Crippen LogP contribution is -2.30. The Balaban J connectivity index is 4.39. The van der Waals surface area contributed by atoms with Crippen molar-refractivity contribution in [3.05, 3.63) is 48.6 Å². The second-order valence-corrected chi connectivity index (χ2v) is 21.7. The Kier molecular flexibility index (Phi) is 59.7. The molecule has 0 aliphatic rings. The van der Waals surface area contributed by atoms with E-state index in [9.17, 15) is 14.4 Å². The molecule has 1 atom stereocenters. The minimum atomic E-state index is -0.799. The monoisotopic (exact) mass is 1020 g/mol. The van der Waals surface area contributed by atoms with Gasteiger partial charge in [-0.2, -0.15) is 0 Å². The van der Waals surface area contributed by atoms with Crippen molar-refractivity contribution in [1.29, 1.82) is 0 Å². The lowest BCUT2D eigenvalue weighted by Gasteiger charge is -2.18. The molecule has 73 heavy (non-hydrogen) atoms. The maximum absolute atomic E-state index is 12.9. The summed E-state index contributed by atoms with van der Waals surface area (Å²) in [6.45, 7) is 6.64. The third-order valence-corrected chi connectivity index (χ3v) is 14.3. The Hall–Kier alpha value is -2.63.